The zero-order valence-electron chi connectivity index (χ0n) is 17.5. The Kier molecular flexibility index (Phi) is 9.50. The molecule has 0 radical (unpaired) electrons. The van der Waals surface area contributed by atoms with Gasteiger partial charge in [0.25, 0.3) is 0 Å². The van der Waals surface area contributed by atoms with Crippen molar-refractivity contribution in [3.8, 4) is 0 Å². The predicted octanol–water partition coefficient (Wildman–Crippen LogP) is 2.05. The average Bonchev–Trinajstić information content (AvgIpc) is 2.99. The van der Waals surface area contributed by atoms with Crippen molar-refractivity contribution < 1.29 is 42.5 Å². The van der Waals surface area contributed by atoms with E-state index >= 15 is 0 Å². The van der Waals surface area contributed by atoms with Crippen LogP contribution < -0.4 is 38.8 Å². The Bertz CT molecular complexity index is 861. The van der Waals surface area contributed by atoms with E-state index in [9.17, 15) is 13.0 Å². The first kappa shape index (κ1) is 24.2. The summed E-state index contributed by atoms with van der Waals surface area (Å²) in [6, 6.07) is 17.3. The smallest absolute Gasteiger partial charge is 0.731 e. The molecule has 0 amide bonds. The number of nitrogens with zero attached hydrogens (tertiary/aromatic N) is 2. The number of rotatable bonds is 10. The van der Waals surface area contributed by atoms with Gasteiger partial charge in [-0.25, -0.2) is 8.42 Å². The van der Waals surface area contributed by atoms with Crippen LogP contribution in [0.2, 0.25) is 0 Å². The average molecular weight is 425 g/mol. The van der Waals surface area contributed by atoms with Gasteiger partial charge in [0, 0.05) is 6.54 Å². The standard InChI is InChI=1S/C22H30N2O3S.Na/c1-2-3-4-5-6-10-17-22-23(18-19-13-8-7-9-14-19)20-15-11-12-16-21(20)24(22)28(25,26)27;/h7-9,11-16,22H,2-6,10,17-18H2,1H3,(H,25,26,27);/q;+1/p-1. The topological polar surface area (TPSA) is 63.7 Å². The minimum Gasteiger partial charge on any atom is -0.731 e. The van der Waals surface area contributed by atoms with Crippen molar-refractivity contribution in [2.75, 3.05) is 9.21 Å². The summed E-state index contributed by atoms with van der Waals surface area (Å²) in [7, 11) is -4.60. The van der Waals surface area contributed by atoms with Crippen LogP contribution in [0.3, 0.4) is 0 Å². The SMILES string of the molecule is CCCCCCCCC1N(Cc2ccccc2)c2ccccc2N1S(=O)(=O)[O-].[Na+]. The van der Waals surface area contributed by atoms with Crippen molar-refractivity contribution in [1.82, 2.24) is 0 Å². The number of fused-ring (bicyclic) bond motifs is 1. The molecule has 1 unspecified atom stereocenters. The third-order valence-corrected chi connectivity index (χ3v) is 6.23. The zero-order valence-corrected chi connectivity index (χ0v) is 20.3. The van der Waals surface area contributed by atoms with Crippen molar-refractivity contribution in [3.63, 3.8) is 0 Å². The summed E-state index contributed by atoms with van der Waals surface area (Å²) in [5.74, 6) is 0. The van der Waals surface area contributed by atoms with Gasteiger partial charge < -0.3 is 9.45 Å². The number of hydrogen-bond acceptors (Lipinski definition) is 4. The first-order valence-electron chi connectivity index (χ1n) is 10.2. The maximum atomic E-state index is 12.1. The monoisotopic (exact) mass is 424 g/mol. The normalized spacial score (nSPS) is 15.9. The minimum absolute atomic E-state index is 0. The molecule has 1 atom stereocenters. The van der Waals surface area contributed by atoms with Crippen molar-refractivity contribution >= 4 is 21.7 Å². The van der Waals surface area contributed by atoms with Gasteiger partial charge in [-0.05, 0) is 30.5 Å². The van der Waals surface area contributed by atoms with E-state index < -0.39 is 16.5 Å². The fraction of sp³-hybridized carbons (Fsp3) is 0.455. The molecule has 1 heterocycles. The summed E-state index contributed by atoms with van der Waals surface area (Å²) in [5, 5.41) is 0. The summed E-state index contributed by atoms with van der Waals surface area (Å²) < 4.78 is 37.4. The minimum atomic E-state index is -4.60. The molecule has 0 fully saturated rings. The molecule has 2 aromatic rings. The van der Waals surface area contributed by atoms with E-state index in [4.69, 9.17) is 0 Å². The molecule has 152 valence electrons. The Morgan fingerprint density at radius 3 is 2.10 bits per heavy atom. The third kappa shape index (κ3) is 6.22. The van der Waals surface area contributed by atoms with E-state index in [0.29, 0.717) is 18.7 Å². The second kappa shape index (κ2) is 11.4. The molecule has 3 rings (SSSR count). The second-order valence-corrected chi connectivity index (χ2v) is 8.64. The van der Waals surface area contributed by atoms with Gasteiger partial charge in [-0.1, -0.05) is 81.5 Å². The van der Waals surface area contributed by atoms with Crippen LogP contribution in [0.5, 0.6) is 0 Å². The Labute approximate surface area is 197 Å². The molecule has 1 aliphatic rings. The van der Waals surface area contributed by atoms with Crippen LogP contribution in [0.1, 0.15) is 57.4 Å². The molecule has 5 nitrogen and oxygen atoms in total. The quantitative estimate of drug-likeness (QED) is 0.333. The molecule has 7 heteroatoms. The largest absolute Gasteiger partial charge is 1.00 e. The van der Waals surface area contributed by atoms with E-state index in [1.54, 1.807) is 12.1 Å². The fourth-order valence-electron chi connectivity index (χ4n) is 3.96. The van der Waals surface area contributed by atoms with E-state index in [1.807, 2.05) is 42.5 Å². The van der Waals surface area contributed by atoms with Gasteiger partial charge in [0.2, 0.25) is 0 Å². The van der Waals surface area contributed by atoms with E-state index in [0.717, 1.165) is 34.8 Å². The Hall–Kier alpha value is -1.05. The van der Waals surface area contributed by atoms with Crippen LogP contribution in [0.25, 0.3) is 0 Å². The van der Waals surface area contributed by atoms with Gasteiger partial charge >= 0.3 is 29.6 Å². The molecule has 2 aromatic carbocycles. The summed E-state index contributed by atoms with van der Waals surface area (Å²) >= 11 is 0. The molecule has 0 saturated carbocycles. The van der Waals surface area contributed by atoms with Gasteiger partial charge in [0.1, 0.15) is 6.17 Å². The van der Waals surface area contributed by atoms with Gasteiger partial charge in [0.15, 0.2) is 10.3 Å². The van der Waals surface area contributed by atoms with Crippen LogP contribution >= 0.6 is 0 Å². The number of hydrogen-bond donors (Lipinski definition) is 0. The molecule has 0 aromatic heterocycles. The van der Waals surface area contributed by atoms with Crippen molar-refractivity contribution in [2.24, 2.45) is 0 Å². The Morgan fingerprint density at radius 2 is 1.45 bits per heavy atom. The molecular formula is C22H29N2NaO3S. The number of anilines is 2. The van der Waals surface area contributed by atoms with E-state index in [2.05, 4.69) is 11.8 Å². The maximum absolute atomic E-state index is 12.1. The molecule has 0 saturated heterocycles. The van der Waals surface area contributed by atoms with Crippen molar-refractivity contribution in [2.45, 2.75) is 64.6 Å². The van der Waals surface area contributed by atoms with Gasteiger partial charge in [0.05, 0.1) is 11.4 Å². The zero-order chi connectivity index (χ0) is 20.0. The van der Waals surface area contributed by atoms with Crippen LogP contribution in [0, 0.1) is 0 Å². The van der Waals surface area contributed by atoms with Gasteiger partial charge in [-0.2, -0.15) is 0 Å². The third-order valence-electron chi connectivity index (χ3n) is 5.31. The molecule has 1 aliphatic heterocycles. The van der Waals surface area contributed by atoms with Gasteiger partial charge in [-0.15, -0.1) is 0 Å². The first-order chi connectivity index (χ1) is 13.5. The molecule has 0 spiro atoms. The number of para-hydroxylation sites is 2. The molecule has 0 N–H and O–H groups in total. The van der Waals surface area contributed by atoms with Crippen molar-refractivity contribution in [3.05, 3.63) is 60.2 Å². The molecular weight excluding hydrogens is 395 g/mol. The molecule has 0 bridgehead atoms. The number of unbranched alkanes of at least 4 members (excludes halogenated alkanes) is 5. The van der Waals surface area contributed by atoms with E-state index in [1.165, 1.54) is 19.3 Å². The molecule has 0 aliphatic carbocycles. The molecule has 29 heavy (non-hydrogen) atoms. The van der Waals surface area contributed by atoms with Crippen molar-refractivity contribution in [1.29, 1.82) is 0 Å². The van der Waals surface area contributed by atoms with E-state index in [-0.39, 0.29) is 29.6 Å². The Balaban J connectivity index is 0.00000300. The maximum Gasteiger partial charge on any atom is 1.00 e. The summed E-state index contributed by atoms with van der Waals surface area (Å²) in [5.41, 5.74) is 2.39. The number of benzene rings is 2. The second-order valence-electron chi connectivity index (χ2n) is 7.39. The Morgan fingerprint density at radius 1 is 0.862 bits per heavy atom. The predicted molar refractivity (Wildman–Crippen MR) is 113 cm³/mol. The van der Waals surface area contributed by atoms with Crippen LogP contribution in [0.15, 0.2) is 54.6 Å². The van der Waals surface area contributed by atoms with Crippen LogP contribution in [0.4, 0.5) is 11.4 Å². The van der Waals surface area contributed by atoms with Crippen LogP contribution in [-0.2, 0) is 16.8 Å². The van der Waals surface area contributed by atoms with Crippen LogP contribution in [-0.4, -0.2) is 19.1 Å². The fourth-order valence-corrected chi connectivity index (χ4v) is 4.87. The summed E-state index contributed by atoms with van der Waals surface area (Å²) in [6.45, 7) is 2.76. The van der Waals surface area contributed by atoms with Gasteiger partial charge in [-0.3, -0.25) is 4.31 Å². The summed E-state index contributed by atoms with van der Waals surface area (Å²) in [4.78, 5) is 2.06. The first-order valence-corrected chi connectivity index (χ1v) is 11.5. The summed E-state index contributed by atoms with van der Waals surface area (Å²) in [6.07, 6.45) is 6.93.